The molecule has 0 saturated carbocycles. The largest absolute Gasteiger partial charge is 0.481 e. The molecule has 1 aromatic carbocycles. The minimum absolute atomic E-state index is 0.0761. The van der Waals surface area contributed by atoms with Gasteiger partial charge in [0, 0.05) is 17.9 Å². The Morgan fingerprint density at radius 2 is 1.97 bits per heavy atom. The van der Waals surface area contributed by atoms with Crippen molar-refractivity contribution in [2.24, 2.45) is 0 Å². The lowest BCUT2D eigenvalue weighted by atomic mass is 9.86. The summed E-state index contributed by atoms with van der Waals surface area (Å²) in [6.45, 7) is 3.98. The number of aryl methyl sites for hydroxylation is 2. The van der Waals surface area contributed by atoms with Crippen LogP contribution < -0.4 is 10.1 Å². The molecule has 0 saturated heterocycles. The van der Waals surface area contributed by atoms with Crippen molar-refractivity contribution in [1.29, 1.82) is 0 Å². The topological polar surface area (TPSA) is 99.2 Å². The predicted octanol–water partition coefficient (Wildman–Crippen LogP) is 2.41. The Kier molecular flexibility index (Phi) is 4.40. The summed E-state index contributed by atoms with van der Waals surface area (Å²) in [5.41, 5.74) is 3.45. The van der Waals surface area contributed by atoms with Crippen molar-refractivity contribution in [2.45, 2.75) is 26.2 Å². The molecular weight excluding hydrogens is 394 g/mol. The van der Waals surface area contributed by atoms with Crippen molar-refractivity contribution in [3.63, 3.8) is 0 Å². The Balaban J connectivity index is 1.58. The van der Waals surface area contributed by atoms with Crippen molar-refractivity contribution in [3.8, 4) is 23.9 Å². The Labute approximate surface area is 178 Å². The zero-order valence-electron chi connectivity index (χ0n) is 17.0. The summed E-state index contributed by atoms with van der Waals surface area (Å²) in [5, 5.41) is 20.4. The van der Waals surface area contributed by atoms with Crippen molar-refractivity contribution >= 4 is 17.4 Å². The Morgan fingerprint density at radius 1 is 1.16 bits per heavy atom. The second-order valence-corrected chi connectivity index (χ2v) is 7.33. The van der Waals surface area contributed by atoms with Crippen LogP contribution in [-0.4, -0.2) is 42.1 Å². The van der Waals surface area contributed by atoms with Crippen molar-refractivity contribution < 1.29 is 9.53 Å². The van der Waals surface area contributed by atoms with Crippen LogP contribution in [0.25, 0.3) is 11.5 Å². The van der Waals surface area contributed by atoms with Crippen LogP contribution in [0.5, 0.6) is 5.75 Å². The van der Waals surface area contributed by atoms with Gasteiger partial charge in [0.1, 0.15) is 18.2 Å². The van der Waals surface area contributed by atoms with E-state index in [0.29, 0.717) is 35.3 Å². The van der Waals surface area contributed by atoms with E-state index in [2.05, 4.69) is 26.5 Å². The molecule has 4 aromatic rings. The lowest BCUT2D eigenvalue weighted by molar-refractivity contribution is -0.116. The number of nitrogens with one attached hydrogen (secondary N) is 1. The first kappa shape index (κ1) is 18.8. The standard InChI is InChI=1S/C22H19N7O2/c1-4-11-31-16-7-5-15(6-8-16)17-12-20(30)23-22-21(17)13(2)26-29(22)19-10-9-18-25-24-14(3)28(18)27-19/h1,5-10,17H,11-12H2,2-3H3,(H,23,30)/t17-/m0/s1. The molecule has 5 rings (SSSR count). The van der Waals surface area contributed by atoms with Crippen LogP contribution in [-0.2, 0) is 4.79 Å². The molecule has 0 radical (unpaired) electrons. The van der Waals surface area contributed by atoms with Gasteiger partial charge in [-0.15, -0.1) is 21.7 Å². The summed E-state index contributed by atoms with van der Waals surface area (Å²) < 4.78 is 8.77. The van der Waals surface area contributed by atoms with E-state index < -0.39 is 0 Å². The summed E-state index contributed by atoms with van der Waals surface area (Å²) in [7, 11) is 0. The smallest absolute Gasteiger partial charge is 0.226 e. The monoisotopic (exact) mass is 413 g/mol. The van der Waals surface area contributed by atoms with E-state index in [0.717, 1.165) is 16.8 Å². The molecule has 0 fully saturated rings. The summed E-state index contributed by atoms with van der Waals surface area (Å²) in [5.74, 6) is 4.81. The predicted molar refractivity (Wildman–Crippen MR) is 113 cm³/mol. The molecule has 0 bridgehead atoms. The molecule has 1 N–H and O–H groups in total. The SMILES string of the molecule is C#CCOc1ccc([C@@H]2CC(=O)Nc3c2c(C)nn3-c2ccc3nnc(C)n3n2)cc1. The highest BCUT2D eigenvalue weighted by atomic mass is 16.5. The molecule has 1 aliphatic heterocycles. The molecule has 1 amide bonds. The van der Waals surface area contributed by atoms with Crippen LogP contribution in [0, 0.1) is 26.2 Å². The minimum Gasteiger partial charge on any atom is -0.481 e. The summed E-state index contributed by atoms with van der Waals surface area (Å²) >= 11 is 0. The molecule has 3 aromatic heterocycles. The number of hydrogen-bond acceptors (Lipinski definition) is 6. The summed E-state index contributed by atoms with van der Waals surface area (Å²) in [6, 6.07) is 11.3. The molecule has 1 aliphatic rings. The third kappa shape index (κ3) is 3.18. The maximum Gasteiger partial charge on any atom is 0.226 e. The third-order valence-corrected chi connectivity index (χ3v) is 5.33. The number of rotatable bonds is 4. The fourth-order valence-corrected chi connectivity index (χ4v) is 3.92. The second kappa shape index (κ2) is 7.25. The maximum atomic E-state index is 12.6. The number of fused-ring (bicyclic) bond motifs is 2. The van der Waals surface area contributed by atoms with E-state index in [-0.39, 0.29) is 18.4 Å². The molecule has 31 heavy (non-hydrogen) atoms. The number of amides is 1. The number of nitrogens with zero attached hydrogens (tertiary/aromatic N) is 6. The quantitative estimate of drug-likeness (QED) is 0.516. The van der Waals surface area contributed by atoms with Crippen LogP contribution >= 0.6 is 0 Å². The molecule has 0 unspecified atom stereocenters. The third-order valence-electron chi connectivity index (χ3n) is 5.33. The number of carbonyl (C=O) groups excluding carboxylic acids is 1. The highest BCUT2D eigenvalue weighted by molar-refractivity contribution is 5.95. The first-order chi connectivity index (χ1) is 15.0. The lowest BCUT2D eigenvalue weighted by Crippen LogP contribution is -2.25. The van der Waals surface area contributed by atoms with E-state index in [9.17, 15) is 4.79 Å². The first-order valence-corrected chi connectivity index (χ1v) is 9.80. The molecule has 9 heteroatoms. The fraction of sp³-hybridized carbons (Fsp3) is 0.227. The normalized spacial score (nSPS) is 15.4. The summed E-state index contributed by atoms with van der Waals surface area (Å²) in [4.78, 5) is 12.6. The van der Waals surface area contributed by atoms with Crippen molar-refractivity contribution in [1.82, 2.24) is 29.6 Å². The summed E-state index contributed by atoms with van der Waals surface area (Å²) in [6.07, 6.45) is 5.58. The van der Waals surface area contributed by atoms with Crippen LogP contribution in [0.15, 0.2) is 36.4 Å². The van der Waals surface area contributed by atoms with Gasteiger partial charge in [0.05, 0.1) is 5.69 Å². The van der Waals surface area contributed by atoms with Gasteiger partial charge in [-0.1, -0.05) is 18.1 Å². The molecule has 1 atom stereocenters. The minimum atomic E-state index is -0.125. The van der Waals surface area contributed by atoms with Crippen LogP contribution in [0.3, 0.4) is 0 Å². The van der Waals surface area contributed by atoms with Crippen molar-refractivity contribution in [3.05, 3.63) is 59.0 Å². The first-order valence-electron chi connectivity index (χ1n) is 9.80. The fourth-order valence-electron chi connectivity index (χ4n) is 3.92. The maximum absolute atomic E-state index is 12.6. The van der Waals surface area contributed by atoms with E-state index in [1.54, 1.807) is 9.20 Å². The molecule has 4 heterocycles. The number of hydrogen-bond donors (Lipinski definition) is 1. The van der Waals surface area contributed by atoms with Gasteiger partial charge in [0.15, 0.2) is 17.3 Å². The van der Waals surface area contributed by atoms with Crippen LogP contribution in [0.4, 0.5) is 5.82 Å². The van der Waals surface area contributed by atoms with Crippen molar-refractivity contribution in [2.75, 3.05) is 11.9 Å². The van der Waals surface area contributed by atoms with Gasteiger partial charge < -0.3 is 10.1 Å². The zero-order chi connectivity index (χ0) is 21.5. The van der Waals surface area contributed by atoms with Gasteiger partial charge in [-0.2, -0.15) is 14.3 Å². The number of anilines is 1. The molecule has 9 nitrogen and oxygen atoms in total. The Morgan fingerprint density at radius 3 is 2.74 bits per heavy atom. The molecular formula is C22H19N7O2. The highest BCUT2D eigenvalue weighted by Gasteiger charge is 2.33. The molecule has 0 spiro atoms. The molecule has 154 valence electrons. The highest BCUT2D eigenvalue weighted by Crippen LogP contribution is 2.40. The van der Waals surface area contributed by atoms with Crippen LogP contribution in [0.1, 0.15) is 35.0 Å². The zero-order valence-corrected chi connectivity index (χ0v) is 17.0. The van der Waals surface area contributed by atoms with E-state index >= 15 is 0 Å². The Bertz CT molecular complexity index is 1340. The van der Waals surface area contributed by atoms with Gasteiger partial charge >= 0.3 is 0 Å². The number of aromatic nitrogens is 6. The number of benzene rings is 1. The van der Waals surface area contributed by atoms with Gasteiger partial charge in [0.25, 0.3) is 0 Å². The average Bonchev–Trinajstić information content (AvgIpc) is 3.31. The van der Waals surface area contributed by atoms with Gasteiger partial charge in [-0.05, 0) is 43.7 Å². The van der Waals surface area contributed by atoms with Gasteiger partial charge in [-0.3, -0.25) is 4.79 Å². The van der Waals surface area contributed by atoms with E-state index in [1.165, 1.54) is 0 Å². The number of ether oxygens (including phenoxy) is 1. The average molecular weight is 413 g/mol. The number of terminal acetylenes is 1. The lowest BCUT2D eigenvalue weighted by Gasteiger charge is -2.24. The number of carbonyl (C=O) groups is 1. The van der Waals surface area contributed by atoms with E-state index in [1.807, 2.05) is 50.2 Å². The Hall–Kier alpha value is -4.19. The van der Waals surface area contributed by atoms with Gasteiger partial charge in [-0.25, -0.2) is 0 Å². The van der Waals surface area contributed by atoms with Crippen LogP contribution in [0.2, 0.25) is 0 Å². The van der Waals surface area contributed by atoms with Gasteiger partial charge in [0.2, 0.25) is 5.91 Å². The molecule has 0 aliphatic carbocycles. The second-order valence-electron chi connectivity index (χ2n) is 7.33. The van der Waals surface area contributed by atoms with E-state index in [4.69, 9.17) is 16.3 Å².